The van der Waals surface area contributed by atoms with Crippen molar-refractivity contribution in [3.63, 3.8) is 0 Å². The molecule has 0 saturated carbocycles. The molecule has 0 fully saturated rings. The number of aromatic nitrogens is 6. The summed E-state index contributed by atoms with van der Waals surface area (Å²) in [6.45, 7) is 2.10. The number of hydrogen-bond acceptors (Lipinski definition) is 6. The standard InChI is InChI=1S/C12H13N7/c1-9(10-4-3-7-13-8-10)18(2)12-6-5-11-14-16-17-19(11)15-12/h3-9H,1-2H3. The van der Waals surface area contributed by atoms with E-state index in [1.807, 2.05) is 37.5 Å². The fourth-order valence-electron chi connectivity index (χ4n) is 1.87. The fourth-order valence-corrected chi connectivity index (χ4v) is 1.87. The van der Waals surface area contributed by atoms with Gasteiger partial charge in [-0.1, -0.05) is 6.07 Å². The first kappa shape index (κ1) is 11.5. The van der Waals surface area contributed by atoms with Crippen LogP contribution in [0, 0.1) is 0 Å². The Kier molecular flexibility index (Phi) is 2.79. The summed E-state index contributed by atoms with van der Waals surface area (Å²) in [4.78, 5) is 6.19. The first-order valence-electron chi connectivity index (χ1n) is 5.94. The highest BCUT2D eigenvalue weighted by Gasteiger charge is 2.14. The Hall–Kier alpha value is -2.57. The molecule has 1 atom stereocenters. The van der Waals surface area contributed by atoms with Crippen molar-refractivity contribution in [1.82, 2.24) is 30.2 Å². The van der Waals surface area contributed by atoms with Crippen molar-refractivity contribution in [3.05, 3.63) is 42.2 Å². The third-order valence-corrected chi connectivity index (χ3v) is 3.16. The molecular weight excluding hydrogens is 242 g/mol. The molecule has 7 nitrogen and oxygen atoms in total. The number of fused-ring (bicyclic) bond motifs is 1. The molecule has 3 aromatic rings. The summed E-state index contributed by atoms with van der Waals surface area (Å²) < 4.78 is 1.42. The molecule has 0 radical (unpaired) electrons. The minimum absolute atomic E-state index is 0.162. The normalized spacial score (nSPS) is 12.5. The highest BCUT2D eigenvalue weighted by molar-refractivity contribution is 5.45. The number of pyridine rings is 1. The zero-order valence-corrected chi connectivity index (χ0v) is 10.7. The van der Waals surface area contributed by atoms with Crippen LogP contribution in [0.3, 0.4) is 0 Å². The van der Waals surface area contributed by atoms with Gasteiger partial charge >= 0.3 is 0 Å². The molecule has 0 bridgehead atoms. The number of anilines is 1. The lowest BCUT2D eigenvalue weighted by molar-refractivity contribution is 0.682. The third-order valence-electron chi connectivity index (χ3n) is 3.16. The van der Waals surface area contributed by atoms with Crippen molar-refractivity contribution >= 4 is 11.5 Å². The quantitative estimate of drug-likeness (QED) is 0.698. The molecule has 96 valence electrons. The molecule has 0 saturated heterocycles. The summed E-state index contributed by atoms with van der Waals surface area (Å²) >= 11 is 0. The van der Waals surface area contributed by atoms with Gasteiger partial charge in [-0.15, -0.1) is 14.8 Å². The Morgan fingerprint density at radius 2 is 2.16 bits per heavy atom. The van der Waals surface area contributed by atoms with Crippen LogP contribution in [-0.2, 0) is 0 Å². The molecule has 7 heteroatoms. The van der Waals surface area contributed by atoms with Crippen LogP contribution < -0.4 is 4.90 Å². The lowest BCUT2D eigenvalue weighted by atomic mass is 10.1. The Bertz CT molecular complexity index is 679. The predicted molar refractivity (Wildman–Crippen MR) is 69.6 cm³/mol. The van der Waals surface area contributed by atoms with Gasteiger partial charge in [0.05, 0.1) is 6.04 Å². The fraction of sp³-hybridized carbons (Fsp3) is 0.250. The van der Waals surface area contributed by atoms with Crippen LogP contribution in [0.25, 0.3) is 5.65 Å². The third kappa shape index (κ3) is 2.10. The van der Waals surface area contributed by atoms with Gasteiger partial charge < -0.3 is 4.90 Å². The van der Waals surface area contributed by atoms with E-state index in [0.29, 0.717) is 5.65 Å². The van der Waals surface area contributed by atoms with Crippen LogP contribution in [-0.4, -0.2) is 37.3 Å². The molecule has 1 unspecified atom stereocenters. The molecule has 3 heterocycles. The van der Waals surface area contributed by atoms with Gasteiger partial charge in [-0.25, -0.2) is 0 Å². The minimum atomic E-state index is 0.162. The topological polar surface area (TPSA) is 72.1 Å². The van der Waals surface area contributed by atoms with Crippen molar-refractivity contribution in [3.8, 4) is 0 Å². The largest absolute Gasteiger partial charge is 0.351 e. The summed E-state index contributed by atoms with van der Waals surface area (Å²) in [6, 6.07) is 7.88. The van der Waals surface area contributed by atoms with Crippen molar-refractivity contribution in [2.45, 2.75) is 13.0 Å². The SMILES string of the molecule is CC(c1cccnc1)N(C)c1ccc2nnnn2n1. The monoisotopic (exact) mass is 255 g/mol. The van der Waals surface area contributed by atoms with Gasteiger partial charge in [0.25, 0.3) is 0 Å². The van der Waals surface area contributed by atoms with E-state index in [1.54, 1.807) is 6.20 Å². The second-order valence-electron chi connectivity index (χ2n) is 4.29. The highest BCUT2D eigenvalue weighted by Crippen LogP contribution is 2.22. The van der Waals surface area contributed by atoms with Crippen molar-refractivity contribution < 1.29 is 0 Å². The Morgan fingerprint density at radius 1 is 1.26 bits per heavy atom. The Morgan fingerprint density at radius 3 is 2.95 bits per heavy atom. The maximum atomic E-state index is 4.37. The van der Waals surface area contributed by atoms with E-state index >= 15 is 0 Å². The van der Waals surface area contributed by atoms with Crippen LogP contribution in [0.5, 0.6) is 0 Å². The average Bonchev–Trinajstić information content (AvgIpc) is 2.94. The second kappa shape index (κ2) is 4.60. The van der Waals surface area contributed by atoms with Crippen LogP contribution >= 0.6 is 0 Å². The average molecular weight is 255 g/mol. The number of nitrogens with zero attached hydrogens (tertiary/aromatic N) is 7. The molecule has 0 spiro atoms. The van der Waals surface area contributed by atoms with E-state index < -0.39 is 0 Å². The van der Waals surface area contributed by atoms with Gasteiger partial charge in [-0.3, -0.25) is 4.98 Å². The molecule has 0 aromatic carbocycles. The molecule has 0 amide bonds. The minimum Gasteiger partial charge on any atom is -0.351 e. The highest BCUT2D eigenvalue weighted by atomic mass is 15.6. The summed E-state index contributed by atoms with van der Waals surface area (Å²) in [5.41, 5.74) is 1.76. The van der Waals surface area contributed by atoms with Crippen LogP contribution in [0.4, 0.5) is 5.82 Å². The first-order valence-corrected chi connectivity index (χ1v) is 5.94. The van der Waals surface area contributed by atoms with E-state index in [-0.39, 0.29) is 6.04 Å². The molecule has 3 aromatic heterocycles. The summed E-state index contributed by atoms with van der Waals surface area (Å²) in [6.07, 6.45) is 3.62. The summed E-state index contributed by atoms with van der Waals surface area (Å²) in [7, 11) is 1.98. The molecule has 0 aliphatic carbocycles. The van der Waals surface area contributed by atoms with Crippen molar-refractivity contribution in [2.75, 3.05) is 11.9 Å². The van der Waals surface area contributed by atoms with Crippen LogP contribution in [0.15, 0.2) is 36.7 Å². The Labute approximate surface area is 109 Å². The smallest absolute Gasteiger partial charge is 0.200 e. The van der Waals surface area contributed by atoms with Gasteiger partial charge in [0, 0.05) is 19.4 Å². The number of tetrazole rings is 1. The van der Waals surface area contributed by atoms with E-state index in [9.17, 15) is 0 Å². The van der Waals surface area contributed by atoms with Gasteiger partial charge in [0.1, 0.15) is 0 Å². The van der Waals surface area contributed by atoms with Gasteiger partial charge in [-0.05, 0) is 41.1 Å². The van der Waals surface area contributed by atoms with E-state index in [4.69, 9.17) is 0 Å². The van der Waals surface area contributed by atoms with Gasteiger partial charge in [-0.2, -0.15) is 0 Å². The van der Waals surface area contributed by atoms with Crippen LogP contribution in [0.2, 0.25) is 0 Å². The lowest BCUT2D eigenvalue weighted by Gasteiger charge is -2.25. The van der Waals surface area contributed by atoms with E-state index in [0.717, 1.165) is 11.4 Å². The van der Waals surface area contributed by atoms with E-state index in [2.05, 4.69) is 37.4 Å². The molecule has 0 aliphatic heterocycles. The number of hydrogen-bond donors (Lipinski definition) is 0. The van der Waals surface area contributed by atoms with E-state index in [1.165, 1.54) is 4.63 Å². The van der Waals surface area contributed by atoms with Crippen molar-refractivity contribution in [2.24, 2.45) is 0 Å². The molecule has 0 N–H and O–H groups in total. The second-order valence-corrected chi connectivity index (χ2v) is 4.29. The van der Waals surface area contributed by atoms with Crippen molar-refractivity contribution in [1.29, 1.82) is 0 Å². The zero-order chi connectivity index (χ0) is 13.2. The lowest BCUT2D eigenvalue weighted by Crippen LogP contribution is -2.23. The maximum absolute atomic E-state index is 4.37. The van der Waals surface area contributed by atoms with Gasteiger partial charge in [0.15, 0.2) is 11.5 Å². The zero-order valence-electron chi connectivity index (χ0n) is 10.7. The predicted octanol–water partition coefficient (Wildman–Crippen LogP) is 1.11. The first-order chi connectivity index (χ1) is 9.25. The summed E-state index contributed by atoms with van der Waals surface area (Å²) in [5.74, 6) is 0.802. The number of rotatable bonds is 3. The van der Waals surface area contributed by atoms with Gasteiger partial charge in [0.2, 0.25) is 0 Å². The molecule has 0 aliphatic rings. The molecule has 19 heavy (non-hydrogen) atoms. The Balaban J connectivity index is 1.92. The summed E-state index contributed by atoms with van der Waals surface area (Å²) in [5, 5.41) is 15.6. The molecular formula is C12H13N7. The molecule has 3 rings (SSSR count). The van der Waals surface area contributed by atoms with Crippen LogP contribution in [0.1, 0.15) is 18.5 Å². The maximum Gasteiger partial charge on any atom is 0.200 e.